The van der Waals surface area contributed by atoms with Gasteiger partial charge in [0.25, 0.3) is 0 Å². The third-order valence-corrected chi connectivity index (χ3v) is 6.03. The maximum absolute atomic E-state index is 13.1. The highest BCUT2D eigenvalue weighted by atomic mass is 16.1. The number of benzene rings is 2. The predicted octanol–water partition coefficient (Wildman–Crippen LogP) is 4.59. The summed E-state index contributed by atoms with van der Waals surface area (Å²) in [5, 5.41) is 12.0. The molecular weight excluding hydrogens is 372 g/mol. The lowest BCUT2D eigenvalue weighted by Crippen LogP contribution is -2.36. The summed E-state index contributed by atoms with van der Waals surface area (Å²) in [6.07, 6.45) is 5.11. The van der Waals surface area contributed by atoms with Crippen molar-refractivity contribution in [2.75, 3.05) is 13.1 Å². The van der Waals surface area contributed by atoms with E-state index in [-0.39, 0.29) is 5.78 Å². The van der Waals surface area contributed by atoms with Gasteiger partial charge >= 0.3 is 0 Å². The highest BCUT2D eigenvalue weighted by molar-refractivity contribution is 6.02. The molecule has 0 aliphatic carbocycles. The Morgan fingerprint density at radius 2 is 1.83 bits per heavy atom. The van der Waals surface area contributed by atoms with Gasteiger partial charge in [0.2, 0.25) is 0 Å². The summed E-state index contributed by atoms with van der Waals surface area (Å²) in [6, 6.07) is 20.3. The lowest BCUT2D eigenvalue weighted by Gasteiger charge is -2.30. The second-order valence-corrected chi connectivity index (χ2v) is 8.06. The molecule has 2 aromatic carbocycles. The molecule has 1 aliphatic heterocycles. The van der Waals surface area contributed by atoms with Gasteiger partial charge in [-0.05, 0) is 60.7 Å². The van der Waals surface area contributed by atoms with Crippen molar-refractivity contribution >= 4 is 16.7 Å². The van der Waals surface area contributed by atoms with Gasteiger partial charge < -0.3 is 5.32 Å². The van der Waals surface area contributed by atoms with Gasteiger partial charge in [0.15, 0.2) is 5.78 Å². The molecule has 0 spiro atoms. The number of piperidine rings is 1. The molecule has 3 heterocycles. The van der Waals surface area contributed by atoms with Gasteiger partial charge in [-0.25, -0.2) is 0 Å². The fourth-order valence-electron chi connectivity index (χ4n) is 4.46. The van der Waals surface area contributed by atoms with Crippen LogP contribution in [-0.4, -0.2) is 34.1 Å². The van der Waals surface area contributed by atoms with Crippen molar-refractivity contribution in [3.63, 3.8) is 0 Å². The number of hydrogen-bond acceptors (Lipinski definition) is 4. The number of H-pyrrole nitrogens is 1. The van der Waals surface area contributed by atoms with E-state index < -0.39 is 0 Å². The van der Waals surface area contributed by atoms with Crippen LogP contribution in [0.4, 0.5) is 0 Å². The number of Topliss-reactive ketones (excluding diaryl/α,β-unsaturated/α-hetero) is 1. The summed E-state index contributed by atoms with van der Waals surface area (Å²) in [4.78, 5) is 17.2. The molecule has 0 unspecified atom stereocenters. The van der Waals surface area contributed by atoms with Crippen LogP contribution >= 0.6 is 0 Å². The number of nitrogens with zero attached hydrogens (tertiary/aromatic N) is 2. The predicted molar refractivity (Wildman–Crippen MR) is 118 cm³/mol. The fourth-order valence-corrected chi connectivity index (χ4v) is 4.46. The van der Waals surface area contributed by atoms with Gasteiger partial charge in [-0.2, -0.15) is 5.10 Å². The fraction of sp³-hybridized carbons (Fsp3) is 0.240. The van der Waals surface area contributed by atoms with E-state index in [9.17, 15) is 4.79 Å². The van der Waals surface area contributed by atoms with Gasteiger partial charge in [0, 0.05) is 41.9 Å². The topological polar surface area (TPSA) is 70.7 Å². The third-order valence-electron chi connectivity index (χ3n) is 6.03. The molecule has 2 aromatic heterocycles. The van der Waals surface area contributed by atoms with Crippen molar-refractivity contribution in [1.29, 1.82) is 0 Å². The van der Waals surface area contributed by atoms with Gasteiger partial charge in [0.1, 0.15) is 5.69 Å². The van der Waals surface area contributed by atoms with E-state index in [2.05, 4.69) is 44.8 Å². The molecule has 5 nitrogen and oxygen atoms in total. The first-order valence-electron chi connectivity index (χ1n) is 10.5. The van der Waals surface area contributed by atoms with E-state index in [0.717, 1.165) is 47.2 Å². The van der Waals surface area contributed by atoms with Crippen LogP contribution in [-0.2, 0) is 0 Å². The number of ketones is 1. The number of aromatic amines is 1. The summed E-state index contributed by atoms with van der Waals surface area (Å²) < 4.78 is 0. The van der Waals surface area contributed by atoms with Gasteiger partial charge in [0.05, 0.1) is 5.52 Å². The second kappa shape index (κ2) is 8.20. The zero-order valence-corrected chi connectivity index (χ0v) is 16.7. The van der Waals surface area contributed by atoms with Crippen molar-refractivity contribution in [1.82, 2.24) is 20.5 Å². The minimum Gasteiger partial charge on any atom is -0.316 e. The molecule has 0 saturated carbocycles. The van der Waals surface area contributed by atoms with Crippen molar-refractivity contribution in [2.45, 2.75) is 18.8 Å². The van der Waals surface area contributed by atoms with Crippen molar-refractivity contribution in [3.05, 3.63) is 84.2 Å². The van der Waals surface area contributed by atoms with Crippen LogP contribution in [0.3, 0.4) is 0 Å². The Bertz CT molecular complexity index is 1150. The summed E-state index contributed by atoms with van der Waals surface area (Å²) in [7, 11) is 0. The van der Waals surface area contributed by atoms with Gasteiger partial charge in [-0.1, -0.05) is 30.3 Å². The molecule has 5 rings (SSSR count). The lowest BCUT2D eigenvalue weighted by atomic mass is 9.82. The van der Waals surface area contributed by atoms with Crippen LogP contribution in [0.15, 0.2) is 73.1 Å². The van der Waals surface area contributed by atoms with Crippen LogP contribution in [0.25, 0.3) is 22.2 Å². The number of hydrogen-bond donors (Lipinski definition) is 2. The number of carbonyl (C=O) groups excluding carboxylic acids is 1. The molecule has 4 aromatic rings. The molecule has 2 atom stereocenters. The Hall–Kier alpha value is -3.31. The minimum atomic E-state index is 0.194. The molecule has 2 N–H and O–H groups in total. The van der Waals surface area contributed by atoms with Crippen molar-refractivity contribution in [3.8, 4) is 11.3 Å². The summed E-state index contributed by atoms with van der Waals surface area (Å²) in [5.74, 6) is 1.00. The Balaban J connectivity index is 1.35. The SMILES string of the molecule is O=C(C[C@@H]1CNC[C@H](c2ccccc2)C1)c1ccc2[nH]nc(-c3ccncc3)c2c1. The van der Waals surface area contributed by atoms with E-state index in [1.807, 2.05) is 36.4 Å². The van der Waals surface area contributed by atoms with E-state index >= 15 is 0 Å². The number of rotatable bonds is 5. The first kappa shape index (κ1) is 18.7. The molecule has 1 fully saturated rings. The highest BCUT2D eigenvalue weighted by Gasteiger charge is 2.25. The largest absolute Gasteiger partial charge is 0.316 e. The number of carbonyl (C=O) groups is 1. The molecular formula is C25H24N4O. The third kappa shape index (κ3) is 3.76. The summed E-state index contributed by atoms with van der Waals surface area (Å²) >= 11 is 0. The second-order valence-electron chi connectivity index (χ2n) is 8.06. The first-order chi connectivity index (χ1) is 14.8. The average molecular weight is 396 g/mol. The normalized spacial score (nSPS) is 19.1. The monoisotopic (exact) mass is 396 g/mol. The Morgan fingerprint density at radius 1 is 1.00 bits per heavy atom. The summed E-state index contributed by atoms with van der Waals surface area (Å²) in [6.45, 7) is 1.87. The molecule has 0 radical (unpaired) electrons. The van der Waals surface area contributed by atoms with Gasteiger partial charge in [-0.15, -0.1) is 0 Å². The van der Waals surface area contributed by atoms with Crippen LogP contribution in [0.2, 0.25) is 0 Å². The smallest absolute Gasteiger partial charge is 0.163 e. The molecule has 1 aliphatic rings. The number of nitrogens with one attached hydrogen (secondary N) is 2. The average Bonchev–Trinajstić information content (AvgIpc) is 3.24. The maximum atomic E-state index is 13.1. The van der Waals surface area contributed by atoms with E-state index in [4.69, 9.17) is 0 Å². The zero-order valence-electron chi connectivity index (χ0n) is 16.7. The summed E-state index contributed by atoms with van der Waals surface area (Å²) in [5.41, 5.74) is 4.88. The maximum Gasteiger partial charge on any atom is 0.163 e. The molecule has 1 saturated heterocycles. The van der Waals surface area contributed by atoms with Crippen molar-refractivity contribution < 1.29 is 4.79 Å². The van der Waals surface area contributed by atoms with Crippen LogP contribution in [0.5, 0.6) is 0 Å². The Labute approximate surface area is 175 Å². The number of aromatic nitrogens is 3. The molecule has 0 bridgehead atoms. The van der Waals surface area contributed by atoms with Crippen LogP contribution in [0.1, 0.15) is 34.7 Å². The van der Waals surface area contributed by atoms with E-state index in [1.165, 1.54) is 5.56 Å². The molecule has 150 valence electrons. The van der Waals surface area contributed by atoms with E-state index in [1.54, 1.807) is 12.4 Å². The number of pyridine rings is 1. The molecule has 5 heteroatoms. The number of fused-ring (bicyclic) bond motifs is 1. The van der Waals surface area contributed by atoms with E-state index in [0.29, 0.717) is 18.3 Å². The van der Waals surface area contributed by atoms with Gasteiger partial charge in [-0.3, -0.25) is 14.9 Å². The highest BCUT2D eigenvalue weighted by Crippen LogP contribution is 2.30. The standard InChI is InChI=1S/C25H24N4O/c30-24(13-17-12-21(16-27-15-17)18-4-2-1-3-5-18)20-6-7-23-22(14-20)25(29-28-23)19-8-10-26-11-9-19/h1-11,14,17,21,27H,12-13,15-16H2,(H,28,29)/t17-,21-/m1/s1. The van der Waals surface area contributed by atoms with Crippen LogP contribution in [0, 0.1) is 5.92 Å². The minimum absolute atomic E-state index is 0.194. The quantitative estimate of drug-likeness (QED) is 0.484. The molecule has 0 amide bonds. The van der Waals surface area contributed by atoms with Crippen LogP contribution < -0.4 is 5.32 Å². The Kier molecular flexibility index (Phi) is 5.11. The lowest BCUT2D eigenvalue weighted by molar-refractivity contribution is 0.0951. The first-order valence-corrected chi connectivity index (χ1v) is 10.5. The molecule has 30 heavy (non-hydrogen) atoms. The Morgan fingerprint density at radius 3 is 2.67 bits per heavy atom. The van der Waals surface area contributed by atoms with Crippen molar-refractivity contribution in [2.24, 2.45) is 5.92 Å². The zero-order chi connectivity index (χ0) is 20.3.